The van der Waals surface area contributed by atoms with Gasteiger partial charge in [-0.2, -0.15) is 0 Å². The van der Waals surface area contributed by atoms with Crippen LogP contribution in [0.2, 0.25) is 0 Å². The van der Waals surface area contributed by atoms with Crippen LogP contribution in [0.5, 0.6) is 0 Å². The van der Waals surface area contributed by atoms with Gasteiger partial charge in [0.2, 0.25) is 0 Å². The van der Waals surface area contributed by atoms with Crippen LogP contribution >= 0.6 is 0 Å². The lowest BCUT2D eigenvalue weighted by Crippen LogP contribution is -2.01. The van der Waals surface area contributed by atoms with Gasteiger partial charge in [-0.3, -0.25) is 0 Å². The van der Waals surface area contributed by atoms with Gasteiger partial charge >= 0.3 is 0 Å². The molecule has 0 saturated carbocycles. The van der Waals surface area contributed by atoms with Gasteiger partial charge < -0.3 is 0 Å². The lowest BCUT2D eigenvalue weighted by Gasteiger charge is -2.15. The van der Waals surface area contributed by atoms with Gasteiger partial charge in [-0.25, -0.2) is 0 Å². The molecule has 0 fully saturated rings. The van der Waals surface area contributed by atoms with Crippen molar-refractivity contribution in [1.82, 2.24) is 0 Å². The molecule has 0 spiro atoms. The van der Waals surface area contributed by atoms with Gasteiger partial charge in [-0.1, -0.05) is 62.4 Å². The molecule has 0 radical (unpaired) electrons. The second kappa shape index (κ2) is 5.86. The zero-order chi connectivity index (χ0) is 13.0. The monoisotopic (exact) mass is 238 g/mol. The highest BCUT2D eigenvalue weighted by atomic mass is 14.1. The van der Waals surface area contributed by atoms with E-state index in [0.717, 1.165) is 12.8 Å². The highest BCUT2D eigenvalue weighted by molar-refractivity contribution is 5.35. The molecule has 0 amide bonds. The van der Waals surface area contributed by atoms with Crippen molar-refractivity contribution >= 4 is 0 Å². The maximum absolute atomic E-state index is 2.31. The summed E-state index contributed by atoms with van der Waals surface area (Å²) in [6.45, 7) is 6.80. The van der Waals surface area contributed by atoms with E-state index in [2.05, 4.69) is 69.3 Å². The minimum absolute atomic E-state index is 0.581. The Balaban J connectivity index is 2.19. The van der Waals surface area contributed by atoms with E-state index in [4.69, 9.17) is 0 Å². The molecular formula is C18H22. The molecular weight excluding hydrogens is 216 g/mol. The minimum atomic E-state index is 0.581. The van der Waals surface area contributed by atoms with Crippen molar-refractivity contribution in [1.29, 1.82) is 0 Å². The third-order valence-corrected chi connectivity index (χ3v) is 3.83. The van der Waals surface area contributed by atoms with Crippen LogP contribution in [0, 0.1) is 6.92 Å². The summed E-state index contributed by atoms with van der Waals surface area (Å²) >= 11 is 0. The summed E-state index contributed by atoms with van der Waals surface area (Å²) in [6, 6.07) is 17.5. The van der Waals surface area contributed by atoms with Gasteiger partial charge in [-0.05, 0) is 47.9 Å². The highest BCUT2D eigenvalue weighted by Gasteiger charge is 2.09. The first-order valence-corrected chi connectivity index (χ1v) is 6.84. The number of hydrogen-bond acceptors (Lipinski definition) is 0. The molecule has 1 atom stereocenters. The predicted octanol–water partition coefficient (Wildman–Crippen LogP) is 4.90. The molecule has 0 nitrogen and oxygen atoms in total. The first kappa shape index (κ1) is 12.9. The molecule has 0 bridgehead atoms. The molecule has 2 rings (SSSR count). The molecule has 0 heteroatoms. The van der Waals surface area contributed by atoms with Crippen LogP contribution in [-0.4, -0.2) is 0 Å². The van der Waals surface area contributed by atoms with Crippen LogP contribution in [0.1, 0.15) is 42.0 Å². The van der Waals surface area contributed by atoms with Crippen molar-refractivity contribution in [3.63, 3.8) is 0 Å². The Kier molecular flexibility index (Phi) is 4.19. The van der Waals surface area contributed by atoms with Crippen LogP contribution in [0.4, 0.5) is 0 Å². The van der Waals surface area contributed by atoms with Crippen LogP contribution in [-0.2, 0) is 12.8 Å². The Bertz CT molecular complexity index is 497. The van der Waals surface area contributed by atoms with Crippen molar-refractivity contribution < 1.29 is 0 Å². The molecule has 0 saturated heterocycles. The van der Waals surface area contributed by atoms with Gasteiger partial charge in [0.05, 0.1) is 0 Å². The van der Waals surface area contributed by atoms with Crippen LogP contribution in [0.15, 0.2) is 48.5 Å². The van der Waals surface area contributed by atoms with Gasteiger partial charge in [-0.15, -0.1) is 0 Å². The smallest absolute Gasteiger partial charge is 0.0150 e. The van der Waals surface area contributed by atoms with Crippen molar-refractivity contribution in [3.05, 3.63) is 70.8 Å². The van der Waals surface area contributed by atoms with Crippen molar-refractivity contribution in [2.24, 2.45) is 0 Å². The van der Waals surface area contributed by atoms with E-state index in [1.807, 2.05) is 0 Å². The van der Waals surface area contributed by atoms with Crippen LogP contribution in [0.25, 0.3) is 0 Å². The van der Waals surface area contributed by atoms with Crippen molar-refractivity contribution in [3.8, 4) is 0 Å². The fraction of sp³-hybridized carbons (Fsp3) is 0.333. The van der Waals surface area contributed by atoms with E-state index >= 15 is 0 Å². The average molecular weight is 238 g/mol. The first-order chi connectivity index (χ1) is 8.72. The Morgan fingerprint density at radius 2 is 1.56 bits per heavy atom. The molecule has 18 heavy (non-hydrogen) atoms. The van der Waals surface area contributed by atoms with E-state index in [9.17, 15) is 0 Å². The summed E-state index contributed by atoms with van der Waals surface area (Å²) < 4.78 is 0. The van der Waals surface area contributed by atoms with Gasteiger partial charge in [0, 0.05) is 0 Å². The van der Waals surface area contributed by atoms with Crippen molar-refractivity contribution in [2.75, 3.05) is 0 Å². The predicted molar refractivity (Wildman–Crippen MR) is 79.1 cm³/mol. The molecule has 94 valence electrons. The second-order valence-corrected chi connectivity index (χ2v) is 5.07. The zero-order valence-corrected chi connectivity index (χ0v) is 11.6. The van der Waals surface area contributed by atoms with E-state index in [0.29, 0.717) is 5.92 Å². The number of rotatable bonds is 4. The molecule has 0 aliphatic rings. The number of hydrogen-bond donors (Lipinski definition) is 0. The summed E-state index contributed by atoms with van der Waals surface area (Å²) in [6.07, 6.45) is 2.25. The Morgan fingerprint density at radius 1 is 0.889 bits per heavy atom. The maximum atomic E-state index is 2.31. The minimum Gasteiger partial charge on any atom is -0.0622 e. The molecule has 0 aliphatic heterocycles. The molecule has 0 aromatic heterocycles. The topological polar surface area (TPSA) is 0 Å². The van der Waals surface area contributed by atoms with Gasteiger partial charge in [0.1, 0.15) is 0 Å². The molecule has 0 heterocycles. The molecule has 2 aromatic carbocycles. The van der Waals surface area contributed by atoms with Crippen LogP contribution in [0.3, 0.4) is 0 Å². The van der Waals surface area contributed by atoms with Crippen LogP contribution < -0.4 is 0 Å². The summed E-state index contributed by atoms with van der Waals surface area (Å²) in [5, 5.41) is 0. The summed E-state index contributed by atoms with van der Waals surface area (Å²) in [5.41, 5.74) is 5.88. The second-order valence-electron chi connectivity index (χ2n) is 5.07. The normalized spacial score (nSPS) is 12.4. The van der Waals surface area contributed by atoms with Gasteiger partial charge in [0.25, 0.3) is 0 Å². The molecule has 0 N–H and O–H groups in total. The maximum Gasteiger partial charge on any atom is -0.0150 e. The molecule has 0 aliphatic carbocycles. The summed E-state index contributed by atoms with van der Waals surface area (Å²) in [4.78, 5) is 0. The number of aryl methyl sites for hydroxylation is 1. The van der Waals surface area contributed by atoms with E-state index in [-0.39, 0.29) is 0 Å². The first-order valence-electron chi connectivity index (χ1n) is 6.84. The summed E-state index contributed by atoms with van der Waals surface area (Å²) in [5.74, 6) is 0.581. The highest BCUT2D eigenvalue weighted by Crippen LogP contribution is 2.23. The van der Waals surface area contributed by atoms with Gasteiger partial charge in [0.15, 0.2) is 0 Å². The Morgan fingerprint density at radius 3 is 2.22 bits per heavy atom. The van der Waals surface area contributed by atoms with E-state index < -0.39 is 0 Å². The standard InChI is InChI=1S/C18H22/c1-4-16-11-8-12-18(15(16)3)13-14(2)17-9-6-5-7-10-17/h5-12,14H,4,13H2,1-3H3. The van der Waals surface area contributed by atoms with E-state index in [1.54, 1.807) is 0 Å². The Hall–Kier alpha value is -1.56. The molecule has 1 unspecified atom stereocenters. The third-order valence-electron chi connectivity index (χ3n) is 3.83. The quantitative estimate of drug-likeness (QED) is 0.710. The lowest BCUT2D eigenvalue weighted by molar-refractivity contribution is 0.753. The fourth-order valence-corrected chi connectivity index (χ4v) is 2.57. The lowest BCUT2D eigenvalue weighted by atomic mass is 9.90. The Labute approximate surface area is 111 Å². The molecule has 2 aromatic rings. The van der Waals surface area contributed by atoms with Crippen molar-refractivity contribution in [2.45, 2.75) is 39.5 Å². The average Bonchev–Trinajstić information content (AvgIpc) is 2.42. The fourth-order valence-electron chi connectivity index (χ4n) is 2.57. The summed E-state index contributed by atoms with van der Waals surface area (Å²) in [7, 11) is 0. The van der Waals surface area contributed by atoms with E-state index in [1.165, 1.54) is 22.3 Å². The third kappa shape index (κ3) is 2.81. The zero-order valence-electron chi connectivity index (χ0n) is 11.6. The number of benzene rings is 2. The largest absolute Gasteiger partial charge is 0.0622 e. The SMILES string of the molecule is CCc1cccc(CC(C)c2ccccc2)c1C.